The lowest BCUT2D eigenvalue weighted by Gasteiger charge is -2.32. The van der Waals surface area contributed by atoms with Crippen molar-refractivity contribution in [3.05, 3.63) is 0 Å². The molecule has 0 saturated heterocycles. The van der Waals surface area contributed by atoms with Crippen molar-refractivity contribution in [2.45, 2.75) is 45.1 Å². The maximum Gasteiger partial charge on any atom is 0.0283 e. The summed E-state index contributed by atoms with van der Waals surface area (Å²) < 4.78 is 0. The molecular formula is C12H24N2. The number of nitrogens with two attached hydrogens (primary N) is 1. The second kappa shape index (κ2) is 3.82. The monoisotopic (exact) mass is 196 g/mol. The minimum Gasteiger partial charge on any atom is -0.324 e. The quantitative estimate of drug-likeness (QED) is 0.702. The second-order valence-corrected chi connectivity index (χ2v) is 5.55. The second-order valence-electron chi connectivity index (χ2n) is 5.55. The molecule has 0 aromatic heterocycles. The van der Waals surface area contributed by atoms with Gasteiger partial charge in [-0.2, -0.15) is 0 Å². The van der Waals surface area contributed by atoms with Gasteiger partial charge in [-0.15, -0.1) is 0 Å². The van der Waals surface area contributed by atoms with Crippen LogP contribution in [0.3, 0.4) is 0 Å². The highest BCUT2D eigenvalue weighted by Crippen LogP contribution is 2.39. The van der Waals surface area contributed by atoms with Crippen LogP contribution in [-0.4, -0.2) is 30.1 Å². The molecule has 2 fully saturated rings. The van der Waals surface area contributed by atoms with E-state index in [1.54, 1.807) is 0 Å². The third kappa shape index (κ3) is 2.71. The number of likely N-dealkylation sites (N-methyl/N-ethyl adjacent to an activating group) is 1. The molecule has 0 amide bonds. The molecule has 0 bridgehead atoms. The van der Waals surface area contributed by atoms with E-state index in [2.05, 4.69) is 18.7 Å². The first-order valence-electron chi connectivity index (χ1n) is 6.13. The Hall–Kier alpha value is -0.0800. The molecule has 14 heavy (non-hydrogen) atoms. The van der Waals surface area contributed by atoms with Gasteiger partial charge in [-0.25, -0.2) is 0 Å². The van der Waals surface area contributed by atoms with E-state index in [-0.39, 0.29) is 5.54 Å². The van der Waals surface area contributed by atoms with Crippen LogP contribution in [0.15, 0.2) is 0 Å². The van der Waals surface area contributed by atoms with E-state index >= 15 is 0 Å². The molecule has 0 radical (unpaired) electrons. The van der Waals surface area contributed by atoms with Crippen LogP contribution in [0, 0.1) is 11.8 Å². The first kappa shape index (κ1) is 10.4. The minimum atomic E-state index is 0.0743. The predicted molar refractivity (Wildman–Crippen MR) is 60.2 cm³/mol. The summed E-state index contributed by atoms with van der Waals surface area (Å²) in [7, 11) is 0. The van der Waals surface area contributed by atoms with Crippen molar-refractivity contribution in [3.8, 4) is 0 Å². The van der Waals surface area contributed by atoms with Crippen molar-refractivity contribution < 1.29 is 0 Å². The highest BCUT2D eigenvalue weighted by molar-refractivity contribution is 4.97. The number of rotatable bonds is 6. The van der Waals surface area contributed by atoms with Gasteiger partial charge < -0.3 is 10.6 Å². The molecule has 0 aromatic carbocycles. The lowest BCUT2D eigenvalue weighted by molar-refractivity contribution is 0.203. The molecule has 1 unspecified atom stereocenters. The van der Waals surface area contributed by atoms with Crippen LogP contribution in [0.1, 0.15) is 39.5 Å². The van der Waals surface area contributed by atoms with Crippen LogP contribution in [0.4, 0.5) is 0 Å². The van der Waals surface area contributed by atoms with Crippen LogP contribution >= 0.6 is 0 Å². The van der Waals surface area contributed by atoms with Crippen LogP contribution in [0.25, 0.3) is 0 Å². The van der Waals surface area contributed by atoms with Gasteiger partial charge in [-0.05, 0) is 51.0 Å². The van der Waals surface area contributed by atoms with E-state index in [0.717, 1.165) is 24.9 Å². The Kier molecular flexibility index (Phi) is 2.85. The van der Waals surface area contributed by atoms with Gasteiger partial charge in [0.2, 0.25) is 0 Å². The highest BCUT2D eigenvalue weighted by Gasteiger charge is 2.39. The van der Waals surface area contributed by atoms with E-state index < -0.39 is 0 Å². The third-order valence-electron chi connectivity index (χ3n) is 3.73. The van der Waals surface area contributed by atoms with E-state index in [0.29, 0.717) is 0 Å². The first-order valence-corrected chi connectivity index (χ1v) is 6.13. The first-order chi connectivity index (χ1) is 6.62. The van der Waals surface area contributed by atoms with Gasteiger partial charge in [-0.1, -0.05) is 6.92 Å². The summed E-state index contributed by atoms with van der Waals surface area (Å²) in [4.78, 5) is 2.55. The average molecular weight is 196 g/mol. The largest absolute Gasteiger partial charge is 0.324 e. The van der Waals surface area contributed by atoms with Crippen molar-refractivity contribution in [3.63, 3.8) is 0 Å². The lowest BCUT2D eigenvalue weighted by atomic mass is 9.96. The SMILES string of the molecule is CCN(CC1CC1)CC(C)(N)C1CC1. The lowest BCUT2D eigenvalue weighted by Crippen LogP contribution is -2.50. The van der Waals surface area contributed by atoms with Gasteiger partial charge in [0.25, 0.3) is 0 Å². The van der Waals surface area contributed by atoms with Crippen molar-refractivity contribution in [1.29, 1.82) is 0 Å². The van der Waals surface area contributed by atoms with E-state index in [1.807, 2.05) is 0 Å². The Morgan fingerprint density at radius 2 is 1.93 bits per heavy atom. The van der Waals surface area contributed by atoms with Gasteiger partial charge in [0.15, 0.2) is 0 Å². The fraction of sp³-hybridized carbons (Fsp3) is 1.00. The van der Waals surface area contributed by atoms with Gasteiger partial charge in [-0.3, -0.25) is 0 Å². The van der Waals surface area contributed by atoms with Gasteiger partial charge >= 0.3 is 0 Å². The van der Waals surface area contributed by atoms with E-state index in [1.165, 1.54) is 32.2 Å². The Morgan fingerprint density at radius 1 is 1.29 bits per heavy atom. The molecule has 2 heteroatoms. The highest BCUT2D eigenvalue weighted by atomic mass is 15.1. The zero-order valence-corrected chi connectivity index (χ0v) is 9.63. The molecule has 2 rings (SSSR count). The van der Waals surface area contributed by atoms with Crippen molar-refractivity contribution >= 4 is 0 Å². The molecular weight excluding hydrogens is 172 g/mol. The summed E-state index contributed by atoms with van der Waals surface area (Å²) in [5.74, 6) is 1.79. The third-order valence-corrected chi connectivity index (χ3v) is 3.73. The zero-order chi connectivity index (χ0) is 10.2. The van der Waals surface area contributed by atoms with Crippen molar-refractivity contribution in [2.75, 3.05) is 19.6 Å². The summed E-state index contributed by atoms with van der Waals surface area (Å²) in [5, 5.41) is 0. The minimum absolute atomic E-state index is 0.0743. The van der Waals surface area contributed by atoms with Gasteiger partial charge in [0.1, 0.15) is 0 Å². The Morgan fingerprint density at radius 3 is 2.36 bits per heavy atom. The standard InChI is InChI=1S/C12H24N2/c1-3-14(8-10-4-5-10)9-12(2,13)11-6-7-11/h10-11H,3-9,13H2,1-2H3. The number of hydrogen-bond donors (Lipinski definition) is 1. The molecule has 2 aliphatic carbocycles. The van der Waals surface area contributed by atoms with E-state index in [9.17, 15) is 0 Å². The Balaban J connectivity index is 1.79. The number of hydrogen-bond acceptors (Lipinski definition) is 2. The van der Waals surface area contributed by atoms with Crippen LogP contribution in [-0.2, 0) is 0 Å². The maximum atomic E-state index is 6.35. The van der Waals surface area contributed by atoms with E-state index in [4.69, 9.17) is 5.73 Å². The van der Waals surface area contributed by atoms with Crippen molar-refractivity contribution in [2.24, 2.45) is 17.6 Å². The molecule has 0 aliphatic heterocycles. The normalized spacial score (nSPS) is 26.6. The van der Waals surface area contributed by atoms with Gasteiger partial charge in [0.05, 0.1) is 0 Å². The predicted octanol–water partition coefficient (Wildman–Crippen LogP) is 1.85. The molecule has 2 saturated carbocycles. The average Bonchev–Trinajstić information content (AvgIpc) is 2.96. The summed E-state index contributed by atoms with van der Waals surface area (Å²) in [6.07, 6.45) is 5.60. The summed E-state index contributed by atoms with van der Waals surface area (Å²) in [6.45, 7) is 8.04. The topological polar surface area (TPSA) is 29.3 Å². The van der Waals surface area contributed by atoms with Gasteiger partial charge in [0, 0.05) is 18.6 Å². The van der Waals surface area contributed by atoms with Crippen LogP contribution in [0.5, 0.6) is 0 Å². The molecule has 1 atom stereocenters. The maximum absolute atomic E-state index is 6.35. The molecule has 82 valence electrons. The molecule has 2 nitrogen and oxygen atoms in total. The van der Waals surface area contributed by atoms with Crippen molar-refractivity contribution in [1.82, 2.24) is 4.90 Å². The molecule has 0 heterocycles. The van der Waals surface area contributed by atoms with Crippen LogP contribution < -0.4 is 5.73 Å². The molecule has 0 aromatic rings. The fourth-order valence-corrected chi connectivity index (χ4v) is 2.32. The summed E-state index contributed by atoms with van der Waals surface area (Å²) in [5.41, 5.74) is 6.43. The summed E-state index contributed by atoms with van der Waals surface area (Å²) >= 11 is 0. The zero-order valence-electron chi connectivity index (χ0n) is 9.63. The summed E-state index contributed by atoms with van der Waals surface area (Å²) in [6, 6.07) is 0. The molecule has 2 aliphatic rings. The van der Waals surface area contributed by atoms with Crippen LogP contribution in [0.2, 0.25) is 0 Å². The fourth-order valence-electron chi connectivity index (χ4n) is 2.32. The molecule has 0 spiro atoms. The number of nitrogens with zero attached hydrogens (tertiary/aromatic N) is 1. The molecule has 2 N–H and O–H groups in total. The smallest absolute Gasteiger partial charge is 0.0283 e. The Labute approximate surface area is 87.8 Å². The Bertz CT molecular complexity index is 192.